The van der Waals surface area contributed by atoms with E-state index >= 15 is 0 Å². The summed E-state index contributed by atoms with van der Waals surface area (Å²) in [5.41, 5.74) is 1.09. The van der Waals surface area contributed by atoms with Gasteiger partial charge < -0.3 is 10.1 Å². The monoisotopic (exact) mass is 328 g/mol. The molecule has 0 aromatic carbocycles. The van der Waals surface area contributed by atoms with E-state index in [4.69, 9.17) is 4.74 Å². The first-order valence-electron chi connectivity index (χ1n) is 7.04. The number of rotatable bonds is 5. The first-order valence-corrected chi connectivity index (χ1v) is 7.85. The summed E-state index contributed by atoms with van der Waals surface area (Å²) in [4.78, 5) is 17.9. The van der Waals surface area contributed by atoms with Crippen molar-refractivity contribution in [3.8, 4) is 5.75 Å². The van der Waals surface area contributed by atoms with Gasteiger partial charge in [-0.05, 0) is 30.7 Å². The lowest BCUT2D eigenvalue weighted by Gasteiger charge is -2.03. The highest BCUT2D eigenvalue weighted by Crippen LogP contribution is 2.29. The lowest BCUT2D eigenvalue weighted by atomic mass is 10.3. The highest BCUT2D eigenvalue weighted by atomic mass is 32.1. The fourth-order valence-electron chi connectivity index (χ4n) is 2.17. The van der Waals surface area contributed by atoms with Gasteiger partial charge in [0.05, 0.1) is 13.7 Å². The molecule has 1 amide bonds. The van der Waals surface area contributed by atoms with Crippen LogP contribution in [0.15, 0.2) is 42.9 Å². The Hall–Kier alpha value is -2.67. The van der Waals surface area contributed by atoms with Gasteiger partial charge in [0.15, 0.2) is 5.82 Å². The average molecular weight is 328 g/mol. The van der Waals surface area contributed by atoms with Crippen LogP contribution < -0.4 is 10.1 Å². The van der Waals surface area contributed by atoms with E-state index in [0.29, 0.717) is 23.0 Å². The number of thiophene rings is 1. The molecule has 0 fully saturated rings. The number of hydrogen-bond acceptors (Lipinski definition) is 5. The molecule has 3 rings (SSSR count). The molecule has 6 nitrogen and oxygen atoms in total. The molecule has 3 aromatic heterocycles. The lowest BCUT2D eigenvalue weighted by molar-refractivity contribution is 0.102. The van der Waals surface area contributed by atoms with Crippen LogP contribution in [-0.2, 0) is 6.54 Å². The molecule has 3 aromatic rings. The zero-order chi connectivity index (χ0) is 16.2. The number of amides is 1. The van der Waals surface area contributed by atoms with Crippen LogP contribution in [0.1, 0.15) is 20.1 Å². The van der Waals surface area contributed by atoms with Crippen LogP contribution in [-0.4, -0.2) is 27.8 Å². The summed E-state index contributed by atoms with van der Waals surface area (Å²) in [6, 6.07) is 7.48. The Morgan fingerprint density at radius 3 is 2.87 bits per heavy atom. The molecule has 7 heteroatoms. The molecule has 3 heterocycles. The number of ether oxygens (including phenoxy) is 1. The van der Waals surface area contributed by atoms with Crippen LogP contribution in [0, 0.1) is 6.92 Å². The van der Waals surface area contributed by atoms with Gasteiger partial charge in [0.1, 0.15) is 10.6 Å². The quantitative estimate of drug-likeness (QED) is 0.782. The zero-order valence-electron chi connectivity index (χ0n) is 12.8. The predicted molar refractivity (Wildman–Crippen MR) is 89.1 cm³/mol. The van der Waals surface area contributed by atoms with Gasteiger partial charge >= 0.3 is 0 Å². The molecule has 0 saturated heterocycles. The van der Waals surface area contributed by atoms with Gasteiger partial charge in [-0.25, -0.2) is 0 Å². The third-order valence-corrected chi connectivity index (χ3v) is 4.25. The van der Waals surface area contributed by atoms with E-state index in [0.717, 1.165) is 10.4 Å². The Bertz CT molecular complexity index is 811. The summed E-state index contributed by atoms with van der Waals surface area (Å²) in [5, 5.41) is 7.16. The van der Waals surface area contributed by atoms with Crippen LogP contribution >= 0.6 is 11.3 Å². The summed E-state index contributed by atoms with van der Waals surface area (Å²) < 4.78 is 6.99. The summed E-state index contributed by atoms with van der Waals surface area (Å²) in [6.07, 6.45) is 5.31. The van der Waals surface area contributed by atoms with Gasteiger partial charge in [0, 0.05) is 29.5 Å². The third-order valence-electron chi connectivity index (χ3n) is 3.22. The SMILES string of the molecule is COc1cc(C)sc1C(=O)Nc1ccn(Cc2ccncc2)n1. The second-order valence-electron chi connectivity index (χ2n) is 4.96. The van der Waals surface area contributed by atoms with Crippen molar-refractivity contribution in [3.05, 3.63) is 58.2 Å². The molecule has 0 radical (unpaired) electrons. The molecule has 0 atom stereocenters. The molecule has 0 saturated carbocycles. The number of aromatic nitrogens is 3. The van der Waals surface area contributed by atoms with Gasteiger partial charge in [-0.2, -0.15) is 5.10 Å². The number of carbonyl (C=O) groups is 1. The number of pyridine rings is 1. The van der Waals surface area contributed by atoms with E-state index in [1.54, 1.807) is 30.3 Å². The average Bonchev–Trinajstić information content (AvgIpc) is 3.14. The van der Waals surface area contributed by atoms with Crippen molar-refractivity contribution in [3.63, 3.8) is 0 Å². The van der Waals surface area contributed by atoms with Crippen molar-refractivity contribution in [1.82, 2.24) is 14.8 Å². The Morgan fingerprint density at radius 1 is 1.35 bits per heavy atom. The molecule has 0 unspecified atom stereocenters. The summed E-state index contributed by atoms with van der Waals surface area (Å²) in [6.45, 7) is 2.56. The minimum atomic E-state index is -0.214. The predicted octanol–water partition coefficient (Wildman–Crippen LogP) is 2.96. The van der Waals surface area contributed by atoms with Gasteiger partial charge in [-0.15, -0.1) is 11.3 Å². The Labute approximate surface area is 137 Å². The Kier molecular flexibility index (Phi) is 4.38. The Balaban J connectivity index is 1.70. The molecular formula is C16H16N4O2S. The minimum absolute atomic E-state index is 0.214. The van der Waals surface area contributed by atoms with E-state index in [-0.39, 0.29) is 5.91 Å². The van der Waals surface area contributed by atoms with E-state index in [1.807, 2.05) is 31.3 Å². The molecule has 0 bridgehead atoms. The second-order valence-corrected chi connectivity index (χ2v) is 6.22. The van der Waals surface area contributed by atoms with Crippen molar-refractivity contribution in [2.24, 2.45) is 0 Å². The van der Waals surface area contributed by atoms with E-state index in [9.17, 15) is 4.79 Å². The molecule has 0 spiro atoms. The number of nitrogens with zero attached hydrogens (tertiary/aromatic N) is 3. The number of anilines is 1. The number of aryl methyl sites for hydroxylation is 1. The van der Waals surface area contributed by atoms with Crippen molar-refractivity contribution in [1.29, 1.82) is 0 Å². The van der Waals surface area contributed by atoms with Crippen molar-refractivity contribution >= 4 is 23.1 Å². The molecule has 0 aliphatic carbocycles. The molecule has 0 aliphatic rings. The Morgan fingerprint density at radius 2 is 2.13 bits per heavy atom. The summed E-state index contributed by atoms with van der Waals surface area (Å²) >= 11 is 1.40. The third kappa shape index (κ3) is 3.57. The fourth-order valence-corrected chi connectivity index (χ4v) is 3.04. The van der Waals surface area contributed by atoms with Crippen LogP contribution in [0.4, 0.5) is 5.82 Å². The second kappa shape index (κ2) is 6.62. The van der Waals surface area contributed by atoms with E-state index < -0.39 is 0 Å². The molecular weight excluding hydrogens is 312 g/mol. The van der Waals surface area contributed by atoms with Crippen LogP contribution in [0.25, 0.3) is 0 Å². The summed E-state index contributed by atoms with van der Waals surface area (Å²) in [5.74, 6) is 0.882. The first kappa shape index (κ1) is 15.2. The molecule has 0 aliphatic heterocycles. The van der Waals surface area contributed by atoms with Crippen LogP contribution in [0.5, 0.6) is 5.75 Å². The number of hydrogen-bond donors (Lipinski definition) is 1. The molecule has 1 N–H and O–H groups in total. The number of nitrogens with one attached hydrogen (secondary N) is 1. The topological polar surface area (TPSA) is 69.0 Å². The van der Waals surface area contributed by atoms with Gasteiger partial charge in [-0.1, -0.05) is 0 Å². The van der Waals surface area contributed by atoms with Crippen molar-refractivity contribution in [2.45, 2.75) is 13.5 Å². The highest BCUT2D eigenvalue weighted by Gasteiger charge is 2.16. The van der Waals surface area contributed by atoms with Gasteiger partial charge in [0.25, 0.3) is 5.91 Å². The van der Waals surface area contributed by atoms with Crippen LogP contribution in [0.3, 0.4) is 0 Å². The maximum absolute atomic E-state index is 12.3. The van der Waals surface area contributed by atoms with E-state index in [2.05, 4.69) is 15.4 Å². The van der Waals surface area contributed by atoms with Crippen molar-refractivity contribution in [2.75, 3.05) is 12.4 Å². The highest BCUT2D eigenvalue weighted by molar-refractivity contribution is 7.14. The molecule has 23 heavy (non-hydrogen) atoms. The van der Waals surface area contributed by atoms with E-state index in [1.165, 1.54) is 11.3 Å². The molecule has 118 valence electrons. The maximum Gasteiger partial charge on any atom is 0.270 e. The maximum atomic E-state index is 12.3. The van der Waals surface area contributed by atoms with Crippen molar-refractivity contribution < 1.29 is 9.53 Å². The normalized spacial score (nSPS) is 10.5. The minimum Gasteiger partial charge on any atom is -0.495 e. The number of carbonyl (C=O) groups excluding carboxylic acids is 1. The fraction of sp³-hybridized carbons (Fsp3) is 0.188. The first-order chi connectivity index (χ1) is 11.2. The number of methoxy groups -OCH3 is 1. The summed E-state index contributed by atoms with van der Waals surface area (Å²) in [7, 11) is 1.56. The standard InChI is InChI=1S/C16H16N4O2S/c1-11-9-13(22-2)15(23-11)16(21)18-14-5-8-20(19-14)10-12-3-6-17-7-4-12/h3-9H,10H2,1-2H3,(H,18,19,21). The van der Waals surface area contributed by atoms with Gasteiger partial charge in [0.2, 0.25) is 0 Å². The van der Waals surface area contributed by atoms with Crippen LogP contribution in [0.2, 0.25) is 0 Å². The smallest absolute Gasteiger partial charge is 0.270 e. The largest absolute Gasteiger partial charge is 0.495 e. The lowest BCUT2D eigenvalue weighted by Crippen LogP contribution is -2.12. The zero-order valence-corrected chi connectivity index (χ0v) is 13.6. The van der Waals surface area contributed by atoms with Gasteiger partial charge in [-0.3, -0.25) is 14.5 Å².